The lowest BCUT2D eigenvalue weighted by atomic mass is 10.1. The van der Waals surface area contributed by atoms with Crippen LogP contribution in [-0.2, 0) is 0 Å². The van der Waals surface area contributed by atoms with E-state index in [4.69, 9.17) is 5.73 Å². The summed E-state index contributed by atoms with van der Waals surface area (Å²) in [6.07, 6.45) is -2.48. The summed E-state index contributed by atoms with van der Waals surface area (Å²) < 4.78 is 26.1. The molecule has 1 fully saturated rings. The fourth-order valence-electron chi connectivity index (χ4n) is 2.51. The standard InChI is InChI=1S/C14H21F2N3/c1-10(2)18-5-7-19(8-6-18)13-4-3-11(17)9-12(13)14(15)16/h3-4,9-10,14H,5-8,17H2,1-2H3. The Kier molecular flexibility index (Phi) is 4.24. The van der Waals surface area contributed by atoms with Crippen LogP contribution in [0.2, 0.25) is 0 Å². The van der Waals surface area contributed by atoms with Crippen molar-refractivity contribution in [3.63, 3.8) is 0 Å². The minimum Gasteiger partial charge on any atom is -0.399 e. The Balaban J connectivity index is 2.15. The predicted molar refractivity (Wildman–Crippen MR) is 74.7 cm³/mol. The summed E-state index contributed by atoms with van der Waals surface area (Å²) in [6, 6.07) is 5.29. The Hall–Kier alpha value is -1.36. The molecule has 0 atom stereocenters. The third-order valence-electron chi connectivity index (χ3n) is 3.67. The summed E-state index contributed by atoms with van der Waals surface area (Å²) in [5, 5.41) is 0. The molecular weight excluding hydrogens is 248 g/mol. The molecule has 0 saturated carbocycles. The minimum atomic E-state index is -2.48. The van der Waals surface area contributed by atoms with Gasteiger partial charge in [-0.05, 0) is 32.0 Å². The van der Waals surface area contributed by atoms with Crippen molar-refractivity contribution in [2.45, 2.75) is 26.3 Å². The molecule has 0 amide bonds. The maximum atomic E-state index is 13.1. The van der Waals surface area contributed by atoms with Gasteiger partial charge in [-0.25, -0.2) is 8.78 Å². The van der Waals surface area contributed by atoms with E-state index >= 15 is 0 Å². The number of rotatable bonds is 3. The highest BCUT2D eigenvalue weighted by Crippen LogP contribution is 2.32. The van der Waals surface area contributed by atoms with E-state index in [0.717, 1.165) is 26.2 Å². The number of nitrogens with zero attached hydrogens (tertiary/aromatic N) is 2. The quantitative estimate of drug-likeness (QED) is 0.856. The van der Waals surface area contributed by atoms with Crippen molar-refractivity contribution in [3.05, 3.63) is 23.8 Å². The molecule has 1 aromatic rings. The predicted octanol–water partition coefficient (Wildman–Crippen LogP) is 2.74. The number of anilines is 2. The van der Waals surface area contributed by atoms with E-state index in [1.807, 2.05) is 4.90 Å². The molecular formula is C14H21F2N3. The van der Waals surface area contributed by atoms with Crippen molar-refractivity contribution >= 4 is 11.4 Å². The molecule has 5 heteroatoms. The molecule has 1 heterocycles. The normalized spacial score (nSPS) is 17.5. The molecule has 0 aliphatic carbocycles. The molecule has 0 radical (unpaired) electrons. The molecule has 2 rings (SSSR count). The summed E-state index contributed by atoms with van der Waals surface area (Å²) in [7, 11) is 0. The summed E-state index contributed by atoms with van der Waals surface area (Å²) in [5.74, 6) is 0. The molecule has 1 aliphatic heterocycles. The Morgan fingerprint density at radius 3 is 2.26 bits per heavy atom. The van der Waals surface area contributed by atoms with Crippen LogP contribution in [0.3, 0.4) is 0 Å². The Bertz CT molecular complexity index is 427. The van der Waals surface area contributed by atoms with Gasteiger partial charge in [0.05, 0.1) is 0 Å². The van der Waals surface area contributed by atoms with Gasteiger partial charge in [0.25, 0.3) is 6.43 Å². The first-order valence-electron chi connectivity index (χ1n) is 6.65. The number of nitrogen functional groups attached to an aromatic ring is 1. The van der Waals surface area contributed by atoms with Gasteiger partial charge in [-0.2, -0.15) is 0 Å². The first-order valence-corrected chi connectivity index (χ1v) is 6.65. The van der Waals surface area contributed by atoms with Crippen LogP contribution in [-0.4, -0.2) is 37.1 Å². The lowest BCUT2D eigenvalue weighted by Gasteiger charge is -2.38. The third kappa shape index (κ3) is 3.15. The van der Waals surface area contributed by atoms with Crippen LogP contribution in [0.25, 0.3) is 0 Å². The van der Waals surface area contributed by atoms with Gasteiger partial charge in [0.15, 0.2) is 0 Å². The van der Waals surface area contributed by atoms with Crippen LogP contribution in [0.5, 0.6) is 0 Å². The zero-order valence-corrected chi connectivity index (χ0v) is 11.4. The first-order chi connectivity index (χ1) is 8.99. The highest BCUT2D eigenvalue weighted by Gasteiger charge is 2.23. The van der Waals surface area contributed by atoms with Crippen molar-refractivity contribution < 1.29 is 8.78 Å². The van der Waals surface area contributed by atoms with E-state index in [9.17, 15) is 8.78 Å². The second-order valence-corrected chi connectivity index (χ2v) is 5.24. The van der Waals surface area contributed by atoms with E-state index < -0.39 is 6.43 Å². The fraction of sp³-hybridized carbons (Fsp3) is 0.571. The van der Waals surface area contributed by atoms with E-state index in [-0.39, 0.29) is 5.56 Å². The van der Waals surface area contributed by atoms with Gasteiger partial charge in [0, 0.05) is 49.2 Å². The number of hydrogen-bond acceptors (Lipinski definition) is 3. The molecule has 1 aromatic carbocycles. The molecule has 0 spiro atoms. The molecule has 0 bridgehead atoms. The fourth-order valence-corrected chi connectivity index (χ4v) is 2.51. The summed E-state index contributed by atoms with van der Waals surface area (Å²) in [6.45, 7) is 7.69. The van der Waals surface area contributed by atoms with Crippen LogP contribution in [0.15, 0.2) is 18.2 Å². The van der Waals surface area contributed by atoms with Gasteiger partial charge in [-0.3, -0.25) is 4.90 Å². The molecule has 3 nitrogen and oxygen atoms in total. The largest absolute Gasteiger partial charge is 0.399 e. The van der Waals surface area contributed by atoms with E-state index in [1.165, 1.54) is 6.07 Å². The molecule has 19 heavy (non-hydrogen) atoms. The lowest BCUT2D eigenvalue weighted by molar-refractivity contribution is 0.151. The Morgan fingerprint density at radius 1 is 1.11 bits per heavy atom. The van der Waals surface area contributed by atoms with Crippen molar-refractivity contribution in [1.82, 2.24) is 4.90 Å². The van der Waals surface area contributed by atoms with Crippen molar-refractivity contribution in [2.75, 3.05) is 36.8 Å². The Labute approximate surface area is 113 Å². The SMILES string of the molecule is CC(C)N1CCN(c2ccc(N)cc2C(F)F)CC1. The second kappa shape index (κ2) is 5.74. The molecule has 1 aliphatic rings. The van der Waals surface area contributed by atoms with Crippen LogP contribution in [0, 0.1) is 0 Å². The smallest absolute Gasteiger partial charge is 0.265 e. The van der Waals surface area contributed by atoms with Gasteiger partial charge in [-0.15, -0.1) is 0 Å². The van der Waals surface area contributed by atoms with Crippen LogP contribution >= 0.6 is 0 Å². The topological polar surface area (TPSA) is 32.5 Å². The average molecular weight is 269 g/mol. The van der Waals surface area contributed by atoms with E-state index in [1.54, 1.807) is 12.1 Å². The number of halogens is 2. The summed E-state index contributed by atoms with van der Waals surface area (Å²) in [4.78, 5) is 4.38. The summed E-state index contributed by atoms with van der Waals surface area (Å²) in [5.41, 5.74) is 6.64. The van der Waals surface area contributed by atoms with Crippen LogP contribution in [0.1, 0.15) is 25.8 Å². The van der Waals surface area contributed by atoms with E-state index in [0.29, 0.717) is 17.4 Å². The van der Waals surface area contributed by atoms with Crippen LogP contribution in [0.4, 0.5) is 20.2 Å². The highest BCUT2D eigenvalue weighted by atomic mass is 19.3. The number of benzene rings is 1. The molecule has 1 saturated heterocycles. The summed E-state index contributed by atoms with van der Waals surface area (Å²) >= 11 is 0. The number of hydrogen-bond donors (Lipinski definition) is 1. The van der Waals surface area contributed by atoms with Crippen LogP contribution < -0.4 is 10.6 Å². The number of piperazine rings is 1. The first kappa shape index (κ1) is 14.1. The monoisotopic (exact) mass is 269 g/mol. The average Bonchev–Trinajstić information content (AvgIpc) is 2.38. The third-order valence-corrected chi connectivity index (χ3v) is 3.67. The van der Waals surface area contributed by atoms with Gasteiger partial charge < -0.3 is 10.6 Å². The minimum absolute atomic E-state index is 0.0398. The second-order valence-electron chi connectivity index (χ2n) is 5.24. The van der Waals surface area contributed by atoms with Gasteiger partial charge in [-0.1, -0.05) is 0 Å². The number of alkyl halides is 2. The number of nitrogens with two attached hydrogens (primary N) is 1. The maximum absolute atomic E-state index is 13.1. The molecule has 106 valence electrons. The molecule has 0 unspecified atom stereocenters. The van der Waals surface area contributed by atoms with Crippen molar-refractivity contribution in [2.24, 2.45) is 0 Å². The lowest BCUT2D eigenvalue weighted by Crippen LogP contribution is -2.49. The van der Waals surface area contributed by atoms with Crippen molar-refractivity contribution in [3.8, 4) is 0 Å². The maximum Gasteiger partial charge on any atom is 0.265 e. The van der Waals surface area contributed by atoms with Gasteiger partial charge in [0.2, 0.25) is 0 Å². The Morgan fingerprint density at radius 2 is 1.74 bits per heavy atom. The zero-order valence-electron chi connectivity index (χ0n) is 11.4. The highest BCUT2D eigenvalue weighted by molar-refractivity contribution is 5.60. The van der Waals surface area contributed by atoms with Crippen molar-refractivity contribution in [1.29, 1.82) is 0 Å². The van der Waals surface area contributed by atoms with Gasteiger partial charge >= 0.3 is 0 Å². The van der Waals surface area contributed by atoms with Gasteiger partial charge in [0.1, 0.15) is 0 Å². The molecule has 2 N–H and O–H groups in total. The zero-order chi connectivity index (χ0) is 14.0. The molecule has 0 aromatic heterocycles. The van der Waals surface area contributed by atoms with E-state index in [2.05, 4.69) is 18.7 Å².